The van der Waals surface area contributed by atoms with Crippen LogP contribution in [0.2, 0.25) is 0 Å². The lowest BCUT2D eigenvalue weighted by atomic mass is 10.0. The molecule has 3 N–H and O–H groups in total. The molecular formula is C16H19N5O2. The van der Waals surface area contributed by atoms with Gasteiger partial charge in [-0.1, -0.05) is 18.2 Å². The summed E-state index contributed by atoms with van der Waals surface area (Å²) in [6.45, 7) is 2.96. The number of carbonyl (C=O) groups is 1. The number of nitrogens with one attached hydrogen (secondary N) is 1. The van der Waals surface area contributed by atoms with Crippen LogP contribution in [0.25, 0.3) is 5.69 Å². The third kappa shape index (κ3) is 2.63. The molecule has 0 spiro atoms. The molecule has 2 amide bonds. The van der Waals surface area contributed by atoms with E-state index in [1.807, 2.05) is 35.2 Å². The van der Waals surface area contributed by atoms with Crippen LogP contribution in [-0.2, 0) is 4.74 Å². The monoisotopic (exact) mass is 313 g/mol. The first-order valence-electron chi connectivity index (χ1n) is 7.75. The molecule has 3 heterocycles. The Labute approximate surface area is 134 Å². The summed E-state index contributed by atoms with van der Waals surface area (Å²) in [6, 6.07) is 9.50. The van der Waals surface area contributed by atoms with Crippen LogP contribution >= 0.6 is 0 Å². The van der Waals surface area contributed by atoms with Crippen LogP contribution in [0.1, 0.15) is 0 Å². The molecule has 2 saturated heterocycles. The SMILES string of the molecule is Nc1cn(-c2ccccc2)nc1NC(=O)N1CC2COCC2C1. The quantitative estimate of drug-likeness (QED) is 0.881. The molecule has 0 aliphatic carbocycles. The Hall–Kier alpha value is -2.54. The zero-order valence-corrected chi connectivity index (χ0v) is 12.7. The number of aromatic nitrogens is 2. The lowest BCUT2D eigenvalue weighted by Crippen LogP contribution is -2.34. The number of fused-ring (bicyclic) bond motifs is 1. The van der Waals surface area contributed by atoms with Crippen LogP contribution in [0.5, 0.6) is 0 Å². The summed E-state index contributed by atoms with van der Waals surface area (Å²) in [5.74, 6) is 1.31. The zero-order valence-electron chi connectivity index (χ0n) is 12.7. The Morgan fingerprint density at radius 3 is 2.61 bits per heavy atom. The minimum atomic E-state index is -0.149. The molecule has 0 bridgehead atoms. The van der Waals surface area contributed by atoms with Crippen molar-refractivity contribution in [2.24, 2.45) is 11.8 Å². The van der Waals surface area contributed by atoms with E-state index in [1.165, 1.54) is 0 Å². The molecule has 0 radical (unpaired) electrons. The molecule has 2 aromatic rings. The van der Waals surface area contributed by atoms with Crippen molar-refractivity contribution in [3.8, 4) is 5.69 Å². The second kappa shape index (κ2) is 5.58. The Morgan fingerprint density at radius 2 is 1.91 bits per heavy atom. The lowest BCUT2D eigenvalue weighted by molar-refractivity contribution is 0.158. The first-order chi connectivity index (χ1) is 11.2. The summed E-state index contributed by atoms with van der Waals surface area (Å²) in [7, 11) is 0. The number of anilines is 2. The fourth-order valence-corrected chi connectivity index (χ4v) is 3.23. The molecule has 1 aromatic carbocycles. The average Bonchev–Trinajstić information content (AvgIpc) is 3.23. The van der Waals surface area contributed by atoms with Crippen molar-refractivity contribution in [2.45, 2.75) is 0 Å². The molecule has 2 aliphatic rings. The van der Waals surface area contributed by atoms with Gasteiger partial charge in [0.15, 0.2) is 5.82 Å². The van der Waals surface area contributed by atoms with Crippen LogP contribution in [0, 0.1) is 11.8 Å². The highest BCUT2D eigenvalue weighted by Gasteiger charge is 2.39. The van der Waals surface area contributed by atoms with Crippen LogP contribution < -0.4 is 11.1 Å². The molecule has 1 aromatic heterocycles. The Kier molecular flexibility index (Phi) is 3.42. The van der Waals surface area contributed by atoms with Crippen molar-refractivity contribution in [1.82, 2.24) is 14.7 Å². The van der Waals surface area contributed by atoms with Gasteiger partial charge in [0.05, 0.1) is 30.8 Å². The van der Waals surface area contributed by atoms with Crippen molar-refractivity contribution < 1.29 is 9.53 Å². The van der Waals surface area contributed by atoms with Gasteiger partial charge < -0.3 is 15.4 Å². The molecule has 7 nitrogen and oxygen atoms in total. The normalized spacial score (nSPS) is 23.0. The molecule has 23 heavy (non-hydrogen) atoms. The van der Waals surface area contributed by atoms with E-state index >= 15 is 0 Å². The Balaban J connectivity index is 1.47. The summed E-state index contributed by atoms with van der Waals surface area (Å²) >= 11 is 0. The van der Waals surface area contributed by atoms with E-state index in [-0.39, 0.29) is 6.03 Å². The number of rotatable bonds is 2. The van der Waals surface area contributed by atoms with Crippen molar-refractivity contribution in [2.75, 3.05) is 37.4 Å². The number of ether oxygens (including phenoxy) is 1. The first-order valence-corrected chi connectivity index (χ1v) is 7.75. The largest absolute Gasteiger partial charge is 0.394 e. The van der Waals surface area contributed by atoms with E-state index in [4.69, 9.17) is 10.5 Å². The van der Waals surface area contributed by atoms with Crippen LogP contribution in [0.3, 0.4) is 0 Å². The molecule has 2 unspecified atom stereocenters. The van der Waals surface area contributed by atoms with E-state index in [2.05, 4.69) is 10.4 Å². The topological polar surface area (TPSA) is 85.4 Å². The third-order valence-corrected chi connectivity index (χ3v) is 4.52. The summed E-state index contributed by atoms with van der Waals surface area (Å²) in [5.41, 5.74) is 7.33. The fraction of sp³-hybridized carbons (Fsp3) is 0.375. The van der Waals surface area contributed by atoms with Crippen LogP contribution in [-0.4, -0.2) is 47.0 Å². The van der Waals surface area contributed by atoms with E-state index in [9.17, 15) is 4.79 Å². The molecule has 2 atom stereocenters. The fourth-order valence-electron chi connectivity index (χ4n) is 3.23. The van der Waals surface area contributed by atoms with Crippen molar-refractivity contribution in [1.29, 1.82) is 0 Å². The number of nitrogens with two attached hydrogens (primary N) is 1. The van der Waals surface area contributed by atoms with Crippen LogP contribution in [0.15, 0.2) is 36.5 Å². The molecule has 2 fully saturated rings. The van der Waals surface area contributed by atoms with Gasteiger partial charge in [0, 0.05) is 24.9 Å². The lowest BCUT2D eigenvalue weighted by Gasteiger charge is -2.17. The summed E-state index contributed by atoms with van der Waals surface area (Å²) in [5, 5.41) is 7.19. The number of benzene rings is 1. The Morgan fingerprint density at radius 1 is 1.22 bits per heavy atom. The van der Waals surface area contributed by atoms with Crippen molar-refractivity contribution in [3.63, 3.8) is 0 Å². The highest BCUT2D eigenvalue weighted by molar-refractivity contribution is 5.91. The van der Waals surface area contributed by atoms with Gasteiger partial charge in [-0.05, 0) is 12.1 Å². The van der Waals surface area contributed by atoms with Crippen molar-refractivity contribution in [3.05, 3.63) is 36.5 Å². The smallest absolute Gasteiger partial charge is 0.323 e. The molecule has 7 heteroatoms. The number of likely N-dealkylation sites (tertiary alicyclic amines) is 1. The highest BCUT2D eigenvalue weighted by Crippen LogP contribution is 2.29. The molecule has 4 rings (SSSR count). The van der Waals surface area contributed by atoms with Crippen LogP contribution in [0.4, 0.5) is 16.3 Å². The number of urea groups is 1. The van der Waals surface area contributed by atoms with Gasteiger partial charge in [-0.25, -0.2) is 9.48 Å². The van der Waals surface area contributed by atoms with Gasteiger partial charge in [0.25, 0.3) is 0 Å². The van der Waals surface area contributed by atoms with Gasteiger partial charge >= 0.3 is 6.03 Å². The van der Waals surface area contributed by atoms with Gasteiger partial charge in [-0.15, -0.1) is 5.10 Å². The zero-order chi connectivity index (χ0) is 15.8. The Bertz CT molecular complexity index is 703. The standard InChI is InChI=1S/C16H19N5O2/c17-14-8-21(13-4-2-1-3-5-13)19-15(14)18-16(22)20-6-11-9-23-10-12(11)7-20/h1-5,8,11-12H,6-7,9-10,17H2,(H,18,19,22). The maximum Gasteiger partial charge on any atom is 0.323 e. The number of nitrogen functional groups attached to an aromatic ring is 1. The molecular weight excluding hydrogens is 294 g/mol. The predicted octanol–water partition coefficient (Wildman–Crippen LogP) is 1.56. The van der Waals surface area contributed by atoms with E-state index < -0.39 is 0 Å². The predicted molar refractivity (Wildman–Crippen MR) is 86.4 cm³/mol. The number of hydrogen-bond acceptors (Lipinski definition) is 4. The number of para-hydroxylation sites is 1. The summed E-state index contributed by atoms with van der Waals surface area (Å²) in [6.07, 6.45) is 1.71. The summed E-state index contributed by atoms with van der Waals surface area (Å²) < 4.78 is 7.10. The average molecular weight is 313 g/mol. The summed E-state index contributed by atoms with van der Waals surface area (Å²) in [4.78, 5) is 14.2. The number of nitrogens with zero attached hydrogens (tertiary/aromatic N) is 3. The van der Waals surface area contributed by atoms with Gasteiger partial charge in [0.1, 0.15) is 0 Å². The molecule has 2 aliphatic heterocycles. The first kappa shape index (κ1) is 14.1. The number of carbonyl (C=O) groups excluding carboxylic acids is 1. The second-order valence-electron chi connectivity index (χ2n) is 6.11. The molecule has 120 valence electrons. The van der Waals surface area contributed by atoms with Gasteiger partial charge in [-0.2, -0.15) is 0 Å². The maximum absolute atomic E-state index is 12.4. The third-order valence-electron chi connectivity index (χ3n) is 4.52. The minimum absolute atomic E-state index is 0.149. The van der Waals surface area contributed by atoms with Gasteiger partial charge in [0.2, 0.25) is 0 Å². The second-order valence-corrected chi connectivity index (χ2v) is 6.11. The van der Waals surface area contributed by atoms with E-state index in [1.54, 1.807) is 10.9 Å². The number of amides is 2. The molecule has 0 saturated carbocycles. The van der Waals surface area contributed by atoms with Crippen molar-refractivity contribution >= 4 is 17.5 Å². The highest BCUT2D eigenvalue weighted by atomic mass is 16.5. The van der Waals surface area contributed by atoms with E-state index in [0.717, 1.165) is 32.0 Å². The van der Waals surface area contributed by atoms with E-state index in [0.29, 0.717) is 23.3 Å². The van der Waals surface area contributed by atoms with Gasteiger partial charge in [-0.3, -0.25) is 5.32 Å². The number of hydrogen-bond donors (Lipinski definition) is 2. The maximum atomic E-state index is 12.4. The minimum Gasteiger partial charge on any atom is -0.394 e.